The SMILES string of the molecule is CC(C)c1nc(-c2ccccc2)c(-c2ccccc2)c(-c2ccc(F)cc2)c1C=C[C@@H](O)C[C@@H](O)CC(=O)O. The molecule has 0 fully saturated rings. The van der Waals surface area contributed by atoms with Crippen molar-refractivity contribution >= 4 is 12.0 Å². The predicted molar refractivity (Wildman–Crippen MR) is 153 cm³/mol. The zero-order valence-corrected chi connectivity index (χ0v) is 22.0. The fourth-order valence-corrected chi connectivity index (χ4v) is 4.68. The lowest BCUT2D eigenvalue weighted by molar-refractivity contribution is -0.139. The van der Waals surface area contributed by atoms with Gasteiger partial charge in [0, 0.05) is 28.7 Å². The Morgan fingerprint density at radius 3 is 1.97 bits per heavy atom. The largest absolute Gasteiger partial charge is 0.481 e. The van der Waals surface area contributed by atoms with Crippen LogP contribution in [0.1, 0.15) is 43.9 Å². The van der Waals surface area contributed by atoms with Gasteiger partial charge in [0.15, 0.2) is 0 Å². The van der Waals surface area contributed by atoms with E-state index in [-0.39, 0.29) is 18.2 Å². The van der Waals surface area contributed by atoms with Gasteiger partial charge in [0.25, 0.3) is 0 Å². The molecule has 200 valence electrons. The van der Waals surface area contributed by atoms with Gasteiger partial charge >= 0.3 is 5.97 Å². The summed E-state index contributed by atoms with van der Waals surface area (Å²) in [4.78, 5) is 16.1. The number of nitrogens with zero attached hydrogens (tertiary/aromatic N) is 1. The van der Waals surface area contributed by atoms with Gasteiger partial charge in [-0.2, -0.15) is 0 Å². The maximum Gasteiger partial charge on any atom is 0.305 e. The van der Waals surface area contributed by atoms with Crippen LogP contribution in [-0.4, -0.2) is 38.5 Å². The minimum atomic E-state index is -1.18. The van der Waals surface area contributed by atoms with E-state index in [1.54, 1.807) is 24.3 Å². The minimum absolute atomic E-state index is 0.00544. The zero-order valence-electron chi connectivity index (χ0n) is 22.0. The Bertz CT molecular complexity index is 1430. The van der Waals surface area contributed by atoms with Gasteiger partial charge < -0.3 is 15.3 Å². The maximum atomic E-state index is 14.0. The average Bonchev–Trinajstić information content (AvgIpc) is 2.92. The average molecular weight is 526 g/mol. The molecule has 1 heterocycles. The van der Waals surface area contributed by atoms with Gasteiger partial charge in [-0.05, 0) is 29.2 Å². The number of carboxylic acid groups (broad SMARTS) is 1. The minimum Gasteiger partial charge on any atom is -0.481 e. The lowest BCUT2D eigenvalue weighted by atomic mass is 9.84. The van der Waals surface area contributed by atoms with Gasteiger partial charge in [0.2, 0.25) is 0 Å². The van der Waals surface area contributed by atoms with E-state index in [2.05, 4.69) is 0 Å². The first-order valence-corrected chi connectivity index (χ1v) is 13.0. The van der Waals surface area contributed by atoms with Crippen molar-refractivity contribution in [2.45, 2.75) is 44.8 Å². The molecule has 3 N–H and O–H groups in total. The molecule has 0 aliphatic carbocycles. The first-order valence-electron chi connectivity index (χ1n) is 13.0. The van der Waals surface area contributed by atoms with Crippen LogP contribution in [0.25, 0.3) is 39.6 Å². The van der Waals surface area contributed by atoms with Crippen LogP contribution >= 0.6 is 0 Å². The van der Waals surface area contributed by atoms with E-state index in [4.69, 9.17) is 10.1 Å². The van der Waals surface area contributed by atoms with E-state index in [1.165, 1.54) is 12.1 Å². The molecule has 4 rings (SSSR count). The van der Waals surface area contributed by atoms with E-state index in [0.29, 0.717) is 0 Å². The van der Waals surface area contributed by atoms with E-state index in [0.717, 1.165) is 44.8 Å². The smallest absolute Gasteiger partial charge is 0.305 e. The van der Waals surface area contributed by atoms with Crippen molar-refractivity contribution in [1.82, 2.24) is 4.98 Å². The van der Waals surface area contributed by atoms with Crippen LogP contribution in [0.3, 0.4) is 0 Å². The third-order valence-electron chi connectivity index (χ3n) is 6.46. The second-order valence-electron chi connectivity index (χ2n) is 9.82. The van der Waals surface area contributed by atoms with Gasteiger partial charge in [-0.3, -0.25) is 9.78 Å². The van der Waals surface area contributed by atoms with E-state index >= 15 is 0 Å². The molecule has 6 heteroatoms. The van der Waals surface area contributed by atoms with Crippen LogP contribution in [0.15, 0.2) is 91.0 Å². The Kier molecular flexibility index (Phi) is 9.02. The standard InChI is InChI=1S/C33H32FNO4/c1-21(2)32-28(18-17-26(36)19-27(37)20-29(38)39)30(23-13-15-25(34)16-14-23)31(22-9-5-3-6-10-22)33(35-32)24-11-7-4-8-12-24/h3-18,21,26-27,36-37H,19-20H2,1-2H3,(H,38,39)/t26-,27-/m1/s1. The van der Waals surface area contributed by atoms with Crippen molar-refractivity contribution in [3.63, 3.8) is 0 Å². The van der Waals surface area contributed by atoms with E-state index in [9.17, 15) is 19.4 Å². The van der Waals surface area contributed by atoms with Crippen LogP contribution in [0.2, 0.25) is 0 Å². The van der Waals surface area contributed by atoms with Crippen molar-refractivity contribution < 1.29 is 24.5 Å². The van der Waals surface area contributed by atoms with Crippen molar-refractivity contribution in [2.75, 3.05) is 0 Å². The zero-order chi connectivity index (χ0) is 27.9. The molecule has 0 unspecified atom stereocenters. The van der Waals surface area contributed by atoms with Crippen LogP contribution < -0.4 is 0 Å². The molecule has 0 saturated carbocycles. The highest BCUT2D eigenvalue weighted by molar-refractivity contribution is 5.97. The molecule has 0 radical (unpaired) electrons. The second-order valence-corrected chi connectivity index (χ2v) is 9.82. The van der Waals surface area contributed by atoms with Gasteiger partial charge in [0.1, 0.15) is 5.82 Å². The molecule has 3 aromatic carbocycles. The van der Waals surface area contributed by atoms with E-state index < -0.39 is 24.6 Å². The number of aliphatic hydroxyl groups is 2. The molecule has 5 nitrogen and oxygen atoms in total. The Hall–Kier alpha value is -4.13. The Balaban J connectivity index is 2.01. The number of carboxylic acids is 1. The predicted octanol–water partition coefficient (Wildman–Crippen LogP) is 6.94. The molecule has 0 saturated heterocycles. The molecular formula is C33H32FNO4. The Morgan fingerprint density at radius 2 is 1.41 bits per heavy atom. The first-order chi connectivity index (χ1) is 18.7. The number of aliphatic hydroxyl groups excluding tert-OH is 2. The van der Waals surface area contributed by atoms with Gasteiger partial charge in [-0.15, -0.1) is 0 Å². The summed E-state index contributed by atoms with van der Waals surface area (Å²) in [7, 11) is 0. The van der Waals surface area contributed by atoms with Crippen molar-refractivity contribution in [1.29, 1.82) is 0 Å². The summed E-state index contributed by atoms with van der Waals surface area (Å²) in [6.07, 6.45) is 0.510. The van der Waals surface area contributed by atoms with Crippen LogP contribution in [0.5, 0.6) is 0 Å². The molecule has 0 aliphatic rings. The Morgan fingerprint density at radius 1 is 0.846 bits per heavy atom. The number of carbonyl (C=O) groups is 1. The fourth-order valence-electron chi connectivity index (χ4n) is 4.68. The number of hydrogen-bond acceptors (Lipinski definition) is 4. The molecular weight excluding hydrogens is 493 g/mol. The van der Waals surface area contributed by atoms with Gasteiger partial charge in [-0.1, -0.05) is 98.8 Å². The van der Waals surface area contributed by atoms with Crippen molar-refractivity contribution in [3.8, 4) is 33.5 Å². The molecule has 0 amide bonds. The number of aromatic nitrogens is 1. The summed E-state index contributed by atoms with van der Waals surface area (Å²) in [6.45, 7) is 4.08. The number of benzene rings is 3. The third kappa shape index (κ3) is 6.85. The highest BCUT2D eigenvalue weighted by atomic mass is 19.1. The van der Waals surface area contributed by atoms with Gasteiger partial charge in [-0.25, -0.2) is 4.39 Å². The van der Waals surface area contributed by atoms with Gasteiger partial charge in [0.05, 0.1) is 30.0 Å². The summed E-state index contributed by atoms with van der Waals surface area (Å²) < 4.78 is 14.0. The highest BCUT2D eigenvalue weighted by Crippen LogP contribution is 2.44. The summed E-state index contributed by atoms with van der Waals surface area (Å²) in [5.41, 5.74) is 6.73. The van der Waals surface area contributed by atoms with Crippen molar-refractivity contribution in [3.05, 3.63) is 108 Å². The molecule has 0 aliphatic heterocycles. The topological polar surface area (TPSA) is 90.7 Å². The summed E-state index contributed by atoms with van der Waals surface area (Å²) in [5.74, 6) is -1.47. The molecule has 2 atom stereocenters. The summed E-state index contributed by atoms with van der Waals surface area (Å²) in [6, 6.07) is 26.1. The Labute approximate surface area is 227 Å². The second kappa shape index (κ2) is 12.6. The monoisotopic (exact) mass is 525 g/mol. The number of halogens is 1. The number of rotatable bonds is 10. The normalized spacial score (nSPS) is 13.1. The highest BCUT2D eigenvalue weighted by Gasteiger charge is 2.24. The van der Waals surface area contributed by atoms with Crippen molar-refractivity contribution in [2.24, 2.45) is 0 Å². The molecule has 1 aromatic heterocycles. The summed E-state index contributed by atoms with van der Waals surface area (Å²) in [5, 5.41) is 29.6. The lowest BCUT2D eigenvalue weighted by Gasteiger charge is -2.23. The quantitative estimate of drug-likeness (QED) is 0.209. The third-order valence-corrected chi connectivity index (χ3v) is 6.46. The number of aliphatic carboxylic acids is 1. The van der Waals surface area contributed by atoms with Crippen LogP contribution in [0.4, 0.5) is 4.39 Å². The first kappa shape index (κ1) is 27.9. The summed E-state index contributed by atoms with van der Waals surface area (Å²) >= 11 is 0. The fraction of sp³-hybridized carbons (Fsp3) is 0.212. The van der Waals surface area contributed by atoms with E-state index in [1.807, 2.05) is 74.5 Å². The molecule has 0 spiro atoms. The number of pyridine rings is 1. The number of hydrogen-bond donors (Lipinski definition) is 3. The van der Waals surface area contributed by atoms with Crippen LogP contribution in [-0.2, 0) is 4.79 Å². The molecule has 39 heavy (non-hydrogen) atoms. The maximum absolute atomic E-state index is 14.0. The molecule has 0 bridgehead atoms. The lowest BCUT2D eigenvalue weighted by Crippen LogP contribution is -2.19. The van der Waals surface area contributed by atoms with Crippen LogP contribution in [0, 0.1) is 5.82 Å². The molecule has 4 aromatic rings.